The minimum absolute atomic E-state index is 0.310. The molecule has 0 fully saturated rings. The van der Waals surface area contributed by atoms with Crippen molar-refractivity contribution < 1.29 is 19.2 Å². The Balaban J connectivity index is 3.09. The van der Waals surface area contributed by atoms with E-state index < -0.39 is 11.8 Å². The molecular weight excluding hydrogens is 308 g/mol. The van der Waals surface area contributed by atoms with Crippen LogP contribution in [0, 0.1) is 0 Å². The fraction of sp³-hybridized carbons (Fsp3) is 0.222. The Kier molecular flexibility index (Phi) is 6.79. The van der Waals surface area contributed by atoms with E-state index in [1.807, 2.05) is 0 Å². The largest absolute Gasteiger partial charge is 0.312 e. The van der Waals surface area contributed by atoms with E-state index in [0.29, 0.717) is 23.2 Å². The van der Waals surface area contributed by atoms with Crippen LogP contribution < -0.4 is 9.80 Å². The summed E-state index contributed by atoms with van der Waals surface area (Å²) in [5, 5.41) is 0. The third-order valence-electron chi connectivity index (χ3n) is 3.30. The summed E-state index contributed by atoms with van der Waals surface area (Å²) in [5.41, 5.74) is 1.30. The fourth-order valence-electron chi connectivity index (χ4n) is 2.06. The number of allylic oxidation sites excluding steroid dienone is 2. The first-order chi connectivity index (χ1) is 11.3. The van der Waals surface area contributed by atoms with Crippen molar-refractivity contribution in [2.75, 3.05) is 16.8 Å². The standard InChI is InChI=1S/C18H20N2O4/c1-5-6-17(23)20(14(3)22)16-9-7-15(8-10-16)19(4)18(24)13(2)11-12-21/h5-12H,1-4H3/b6-5+,13-11-. The highest BCUT2D eigenvalue weighted by atomic mass is 16.2. The lowest BCUT2D eigenvalue weighted by Gasteiger charge is -2.21. The van der Waals surface area contributed by atoms with Crippen molar-refractivity contribution in [3.05, 3.63) is 48.1 Å². The van der Waals surface area contributed by atoms with Gasteiger partial charge in [-0.25, -0.2) is 4.90 Å². The molecule has 0 aliphatic rings. The van der Waals surface area contributed by atoms with Crippen molar-refractivity contribution in [3.8, 4) is 0 Å². The topological polar surface area (TPSA) is 74.8 Å². The van der Waals surface area contributed by atoms with Crippen LogP contribution in [0.1, 0.15) is 20.8 Å². The average molecular weight is 328 g/mol. The lowest BCUT2D eigenvalue weighted by molar-refractivity contribution is -0.123. The lowest BCUT2D eigenvalue weighted by Crippen LogP contribution is -2.34. The number of aldehydes is 1. The number of carbonyl (C=O) groups is 4. The summed E-state index contributed by atoms with van der Waals surface area (Å²) in [7, 11) is 1.58. The number of hydrogen-bond donors (Lipinski definition) is 0. The van der Waals surface area contributed by atoms with Gasteiger partial charge in [0, 0.05) is 25.2 Å². The highest BCUT2D eigenvalue weighted by Crippen LogP contribution is 2.22. The average Bonchev–Trinajstić information content (AvgIpc) is 2.54. The van der Waals surface area contributed by atoms with Crippen LogP contribution in [0.15, 0.2) is 48.1 Å². The summed E-state index contributed by atoms with van der Waals surface area (Å²) in [6.45, 7) is 4.54. The molecule has 0 saturated carbocycles. The van der Waals surface area contributed by atoms with Crippen molar-refractivity contribution in [2.24, 2.45) is 0 Å². The van der Waals surface area contributed by atoms with Gasteiger partial charge in [-0.3, -0.25) is 19.2 Å². The van der Waals surface area contributed by atoms with Gasteiger partial charge in [0.1, 0.15) is 6.29 Å². The molecule has 1 rings (SSSR count). The zero-order valence-corrected chi connectivity index (χ0v) is 14.1. The van der Waals surface area contributed by atoms with Gasteiger partial charge in [-0.2, -0.15) is 0 Å². The fourth-order valence-corrected chi connectivity index (χ4v) is 2.06. The van der Waals surface area contributed by atoms with E-state index in [9.17, 15) is 19.2 Å². The van der Waals surface area contributed by atoms with Crippen molar-refractivity contribution in [3.63, 3.8) is 0 Å². The lowest BCUT2D eigenvalue weighted by atomic mass is 10.2. The number of hydrogen-bond acceptors (Lipinski definition) is 4. The first kappa shape index (κ1) is 19.0. The first-order valence-electron chi connectivity index (χ1n) is 7.31. The number of amides is 3. The Labute approximate surface area is 141 Å². The van der Waals surface area contributed by atoms with Gasteiger partial charge in [-0.15, -0.1) is 0 Å². The van der Waals surface area contributed by atoms with E-state index in [1.54, 1.807) is 51.2 Å². The highest BCUT2D eigenvalue weighted by molar-refractivity contribution is 6.18. The maximum Gasteiger partial charge on any atom is 0.257 e. The van der Waals surface area contributed by atoms with Gasteiger partial charge in [0.25, 0.3) is 11.8 Å². The molecule has 126 valence electrons. The van der Waals surface area contributed by atoms with Gasteiger partial charge < -0.3 is 4.90 Å². The molecule has 24 heavy (non-hydrogen) atoms. The quantitative estimate of drug-likeness (QED) is 0.614. The van der Waals surface area contributed by atoms with E-state index in [1.165, 1.54) is 24.0 Å². The Hall–Kier alpha value is -3.02. The maximum absolute atomic E-state index is 12.1. The molecule has 0 unspecified atom stereocenters. The summed E-state index contributed by atoms with van der Waals surface area (Å²) >= 11 is 0. The van der Waals surface area contributed by atoms with Crippen LogP contribution in [0.4, 0.5) is 11.4 Å². The van der Waals surface area contributed by atoms with Crippen molar-refractivity contribution in [1.29, 1.82) is 0 Å². The first-order valence-corrected chi connectivity index (χ1v) is 7.31. The van der Waals surface area contributed by atoms with E-state index >= 15 is 0 Å². The smallest absolute Gasteiger partial charge is 0.257 e. The van der Waals surface area contributed by atoms with Crippen LogP contribution in [0.25, 0.3) is 0 Å². The Morgan fingerprint density at radius 2 is 1.54 bits per heavy atom. The Morgan fingerprint density at radius 1 is 1.00 bits per heavy atom. The van der Waals surface area contributed by atoms with Crippen LogP contribution >= 0.6 is 0 Å². The molecule has 0 aliphatic heterocycles. The number of rotatable bonds is 5. The normalized spacial score (nSPS) is 11.2. The number of imide groups is 1. The third kappa shape index (κ3) is 4.49. The molecule has 0 atom stereocenters. The maximum atomic E-state index is 12.1. The second kappa shape index (κ2) is 8.57. The summed E-state index contributed by atoms with van der Waals surface area (Å²) in [5.74, 6) is -1.16. The van der Waals surface area contributed by atoms with Gasteiger partial charge in [0.15, 0.2) is 0 Å². The predicted molar refractivity (Wildman–Crippen MR) is 92.7 cm³/mol. The zero-order chi connectivity index (χ0) is 18.3. The van der Waals surface area contributed by atoms with Gasteiger partial charge in [-0.1, -0.05) is 6.08 Å². The molecule has 0 saturated heterocycles. The van der Waals surface area contributed by atoms with E-state index in [2.05, 4.69) is 0 Å². The molecular formula is C18H20N2O4. The third-order valence-corrected chi connectivity index (χ3v) is 3.30. The van der Waals surface area contributed by atoms with Gasteiger partial charge in [-0.05, 0) is 50.3 Å². The van der Waals surface area contributed by atoms with E-state index in [0.717, 1.165) is 4.90 Å². The summed E-state index contributed by atoms with van der Waals surface area (Å²) in [6.07, 6.45) is 4.61. The minimum atomic E-state index is -0.438. The minimum Gasteiger partial charge on any atom is -0.312 e. The molecule has 1 aromatic rings. The molecule has 0 spiro atoms. The monoisotopic (exact) mass is 328 g/mol. The number of likely N-dealkylation sites (N-methyl/N-ethyl adjacent to an activating group) is 1. The van der Waals surface area contributed by atoms with Crippen LogP contribution in [-0.2, 0) is 19.2 Å². The van der Waals surface area contributed by atoms with Crippen molar-refractivity contribution >= 4 is 35.4 Å². The van der Waals surface area contributed by atoms with Crippen molar-refractivity contribution in [1.82, 2.24) is 0 Å². The molecule has 3 amide bonds. The molecule has 0 N–H and O–H groups in total. The summed E-state index contributed by atoms with van der Waals surface area (Å²) in [4.78, 5) is 48.7. The molecule has 6 heteroatoms. The summed E-state index contributed by atoms with van der Waals surface area (Å²) < 4.78 is 0. The number of anilines is 2. The second-order valence-corrected chi connectivity index (χ2v) is 5.06. The molecule has 1 aromatic carbocycles. The van der Waals surface area contributed by atoms with E-state index in [-0.39, 0.29) is 5.91 Å². The molecule has 0 radical (unpaired) electrons. The SMILES string of the molecule is C/C=C/C(=O)N(C(C)=O)c1ccc(N(C)C(=O)/C(C)=C\C=O)cc1. The Morgan fingerprint density at radius 3 is 2.00 bits per heavy atom. The second-order valence-electron chi connectivity index (χ2n) is 5.06. The molecule has 0 heterocycles. The number of carbonyl (C=O) groups excluding carboxylic acids is 4. The molecule has 0 aliphatic carbocycles. The molecule has 0 bridgehead atoms. The van der Waals surface area contributed by atoms with Crippen LogP contribution in [0.2, 0.25) is 0 Å². The zero-order valence-electron chi connectivity index (χ0n) is 14.1. The number of benzene rings is 1. The van der Waals surface area contributed by atoms with E-state index in [4.69, 9.17) is 0 Å². The number of nitrogens with zero attached hydrogens (tertiary/aromatic N) is 2. The summed E-state index contributed by atoms with van der Waals surface area (Å²) in [6, 6.07) is 6.42. The van der Waals surface area contributed by atoms with Gasteiger partial charge in [0.05, 0.1) is 5.69 Å². The predicted octanol–water partition coefficient (Wildman–Crippen LogP) is 2.25. The van der Waals surface area contributed by atoms with Gasteiger partial charge in [0.2, 0.25) is 5.91 Å². The Bertz CT molecular complexity index is 702. The highest BCUT2D eigenvalue weighted by Gasteiger charge is 2.19. The molecule has 6 nitrogen and oxygen atoms in total. The van der Waals surface area contributed by atoms with Crippen LogP contribution in [-0.4, -0.2) is 31.1 Å². The van der Waals surface area contributed by atoms with Crippen LogP contribution in [0.5, 0.6) is 0 Å². The molecule has 0 aromatic heterocycles. The van der Waals surface area contributed by atoms with Crippen molar-refractivity contribution in [2.45, 2.75) is 20.8 Å². The van der Waals surface area contributed by atoms with Crippen LogP contribution in [0.3, 0.4) is 0 Å². The van der Waals surface area contributed by atoms with Gasteiger partial charge >= 0.3 is 0 Å².